The van der Waals surface area contributed by atoms with Gasteiger partial charge in [0.2, 0.25) is 5.95 Å². The number of imidazole rings is 1. The number of benzene rings is 1. The molecule has 2 bridgehead atoms. The van der Waals surface area contributed by atoms with Gasteiger partial charge in [0.25, 0.3) is 0 Å². The van der Waals surface area contributed by atoms with Crippen molar-refractivity contribution in [2.24, 2.45) is 0 Å². The monoisotopic (exact) mass is 489 g/mol. The van der Waals surface area contributed by atoms with Gasteiger partial charge < -0.3 is 30.0 Å². The van der Waals surface area contributed by atoms with Crippen molar-refractivity contribution in [3.8, 4) is 11.3 Å². The number of aliphatic hydroxyl groups is 2. The zero-order valence-corrected chi connectivity index (χ0v) is 19.4. The number of halogens is 2. The standard InChI is InChI=1S/C23H25ClFN5O4/c1-23(2,32)21-28-17-13(25)6-11(15(9-3-4-9)18(17)29-21)16-12(24)7-26-22(30-16)27-14-5-10-8-33-20(34-10)19(14)31/h6-7,9-10,14,19-20,31-32H,3-5,8H2,1-2H3,(H,28,29)(H,26,27,30)/t10-,14+,19-,20+/m0/s1. The van der Waals surface area contributed by atoms with Gasteiger partial charge in [0.1, 0.15) is 23.0 Å². The van der Waals surface area contributed by atoms with Crippen LogP contribution in [0, 0.1) is 5.82 Å². The Balaban J connectivity index is 1.43. The molecule has 1 aromatic carbocycles. The van der Waals surface area contributed by atoms with Crippen LogP contribution in [-0.2, 0) is 15.1 Å². The molecule has 1 saturated carbocycles. The SMILES string of the molecule is CC(C)(O)c1nc2c(F)cc(-c3nc(N[C@@H]4C[C@H]5CO[C@H](O5)[C@H]4O)ncc3Cl)c(C3CC3)c2[nH]1. The Kier molecular flexibility index (Phi) is 5.09. The number of H-pyrrole nitrogens is 1. The highest BCUT2D eigenvalue weighted by Crippen LogP contribution is 2.48. The molecule has 3 fully saturated rings. The molecule has 9 nitrogen and oxygen atoms in total. The molecule has 2 aliphatic heterocycles. The minimum atomic E-state index is -1.25. The van der Waals surface area contributed by atoms with Crippen molar-refractivity contribution in [1.29, 1.82) is 0 Å². The van der Waals surface area contributed by atoms with Crippen molar-refractivity contribution in [3.05, 3.63) is 34.5 Å². The number of hydrogen-bond acceptors (Lipinski definition) is 8. The highest BCUT2D eigenvalue weighted by molar-refractivity contribution is 6.33. The van der Waals surface area contributed by atoms with Crippen LogP contribution in [0.3, 0.4) is 0 Å². The van der Waals surface area contributed by atoms with Crippen LogP contribution >= 0.6 is 11.6 Å². The highest BCUT2D eigenvalue weighted by Gasteiger charge is 2.43. The van der Waals surface area contributed by atoms with E-state index in [9.17, 15) is 10.2 Å². The average Bonchev–Trinajstić information content (AvgIpc) is 3.36. The minimum Gasteiger partial charge on any atom is -0.386 e. The lowest BCUT2D eigenvalue weighted by Crippen LogP contribution is -2.48. The molecule has 6 rings (SSSR count). The fourth-order valence-electron chi connectivity index (χ4n) is 4.75. The number of ether oxygens (including phenoxy) is 2. The maximum atomic E-state index is 15.2. The highest BCUT2D eigenvalue weighted by atomic mass is 35.5. The van der Waals surface area contributed by atoms with E-state index in [4.69, 9.17) is 21.1 Å². The lowest BCUT2D eigenvalue weighted by atomic mass is 9.98. The molecule has 3 aromatic rings. The maximum absolute atomic E-state index is 15.2. The van der Waals surface area contributed by atoms with Crippen molar-refractivity contribution in [2.45, 2.75) is 69.2 Å². The molecule has 3 aliphatic rings. The Morgan fingerprint density at radius 1 is 1.29 bits per heavy atom. The Morgan fingerprint density at radius 3 is 2.82 bits per heavy atom. The summed E-state index contributed by atoms with van der Waals surface area (Å²) >= 11 is 6.51. The molecule has 0 amide bonds. The summed E-state index contributed by atoms with van der Waals surface area (Å²) in [5, 5.41) is 24.4. The number of rotatable bonds is 5. The first kappa shape index (κ1) is 22.1. The molecule has 2 saturated heterocycles. The van der Waals surface area contributed by atoms with Crippen LogP contribution in [0.2, 0.25) is 5.02 Å². The Bertz CT molecular complexity index is 1270. The summed E-state index contributed by atoms with van der Waals surface area (Å²) in [6.45, 7) is 3.64. The van der Waals surface area contributed by atoms with Crippen molar-refractivity contribution in [3.63, 3.8) is 0 Å². The van der Waals surface area contributed by atoms with E-state index in [1.165, 1.54) is 12.3 Å². The van der Waals surface area contributed by atoms with Crippen molar-refractivity contribution in [1.82, 2.24) is 19.9 Å². The number of fused-ring (bicyclic) bond motifs is 3. The normalized spacial score (nSPS) is 26.9. The van der Waals surface area contributed by atoms with Gasteiger partial charge in [-0.15, -0.1) is 0 Å². The summed E-state index contributed by atoms with van der Waals surface area (Å²) < 4.78 is 26.3. The van der Waals surface area contributed by atoms with Crippen LogP contribution in [0.1, 0.15) is 50.4 Å². The average molecular weight is 490 g/mol. The third kappa shape index (κ3) is 3.74. The molecule has 0 radical (unpaired) electrons. The van der Waals surface area contributed by atoms with Crippen molar-refractivity contribution >= 4 is 28.6 Å². The summed E-state index contributed by atoms with van der Waals surface area (Å²) in [4.78, 5) is 16.4. The third-order valence-corrected chi connectivity index (χ3v) is 6.90. The minimum absolute atomic E-state index is 0.0963. The van der Waals surface area contributed by atoms with Gasteiger partial charge in [-0.05, 0) is 50.7 Å². The maximum Gasteiger partial charge on any atom is 0.223 e. The fraction of sp³-hybridized carbons (Fsp3) is 0.522. The Hall–Kier alpha value is -2.37. The zero-order chi connectivity index (χ0) is 23.8. The predicted molar refractivity (Wildman–Crippen MR) is 122 cm³/mol. The summed E-state index contributed by atoms with van der Waals surface area (Å²) in [7, 11) is 0. The van der Waals surface area contributed by atoms with Gasteiger partial charge in [0, 0.05) is 5.56 Å². The van der Waals surface area contributed by atoms with E-state index < -0.39 is 23.8 Å². The van der Waals surface area contributed by atoms with E-state index in [1.807, 2.05) is 0 Å². The number of nitrogens with one attached hydrogen (secondary N) is 2. The predicted octanol–water partition coefficient (Wildman–Crippen LogP) is 3.20. The molecular formula is C23H25ClFN5O4. The van der Waals surface area contributed by atoms with E-state index in [0.717, 1.165) is 18.4 Å². The molecule has 4 heterocycles. The van der Waals surface area contributed by atoms with Gasteiger partial charge in [-0.25, -0.2) is 19.3 Å². The summed E-state index contributed by atoms with van der Waals surface area (Å²) in [6, 6.07) is 1.05. The van der Waals surface area contributed by atoms with Crippen LogP contribution in [0.25, 0.3) is 22.3 Å². The van der Waals surface area contributed by atoms with Gasteiger partial charge in [-0.3, -0.25) is 0 Å². The van der Waals surface area contributed by atoms with Crippen LogP contribution in [0.5, 0.6) is 0 Å². The number of aliphatic hydroxyl groups excluding tert-OH is 1. The van der Waals surface area contributed by atoms with Crippen LogP contribution in [0.15, 0.2) is 12.3 Å². The number of hydrogen-bond donors (Lipinski definition) is 4. The van der Waals surface area contributed by atoms with Crippen LogP contribution < -0.4 is 5.32 Å². The molecule has 0 spiro atoms. The smallest absolute Gasteiger partial charge is 0.223 e. The molecule has 180 valence electrons. The first-order chi connectivity index (χ1) is 16.2. The molecule has 2 aromatic heterocycles. The van der Waals surface area contributed by atoms with E-state index >= 15 is 4.39 Å². The first-order valence-electron chi connectivity index (χ1n) is 11.4. The molecule has 0 unspecified atom stereocenters. The van der Waals surface area contributed by atoms with Crippen molar-refractivity contribution < 1.29 is 24.1 Å². The molecule has 34 heavy (non-hydrogen) atoms. The second-order valence-electron chi connectivity index (χ2n) is 9.79. The van der Waals surface area contributed by atoms with Gasteiger partial charge in [-0.1, -0.05) is 11.6 Å². The van der Waals surface area contributed by atoms with Gasteiger partial charge >= 0.3 is 0 Å². The van der Waals surface area contributed by atoms with Gasteiger partial charge in [0.15, 0.2) is 12.1 Å². The van der Waals surface area contributed by atoms with Gasteiger partial charge in [-0.2, -0.15) is 0 Å². The van der Waals surface area contributed by atoms with E-state index in [-0.39, 0.29) is 34.6 Å². The Labute approximate surface area is 199 Å². The van der Waals surface area contributed by atoms with E-state index in [2.05, 4.69) is 25.3 Å². The lowest BCUT2D eigenvalue weighted by molar-refractivity contribution is -0.156. The van der Waals surface area contributed by atoms with Gasteiger partial charge in [0.05, 0.1) is 41.2 Å². The molecule has 4 atom stereocenters. The molecule has 11 heteroatoms. The molecule has 4 N–H and O–H groups in total. The number of aromatic nitrogens is 4. The van der Waals surface area contributed by atoms with Crippen LogP contribution in [-0.4, -0.2) is 61.3 Å². The topological polar surface area (TPSA) is 125 Å². The Morgan fingerprint density at radius 2 is 2.09 bits per heavy atom. The number of aromatic amines is 1. The lowest BCUT2D eigenvalue weighted by Gasteiger charge is -2.32. The van der Waals surface area contributed by atoms with E-state index in [0.29, 0.717) is 35.6 Å². The quantitative estimate of drug-likeness (QED) is 0.430. The molecular weight excluding hydrogens is 465 g/mol. The molecule has 1 aliphatic carbocycles. The summed E-state index contributed by atoms with van der Waals surface area (Å²) in [6.07, 6.45) is 2.28. The summed E-state index contributed by atoms with van der Waals surface area (Å²) in [5.74, 6) is 0.246. The number of nitrogens with zero attached hydrogens (tertiary/aromatic N) is 3. The third-order valence-electron chi connectivity index (χ3n) is 6.62. The zero-order valence-electron chi connectivity index (χ0n) is 18.7. The number of anilines is 1. The van der Waals surface area contributed by atoms with Crippen molar-refractivity contribution in [2.75, 3.05) is 11.9 Å². The summed E-state index contributed by atoms with van der Waals surface area (Å²) in [5.41, 5.74) is 1.32. The van der Waals surface area contributed by atoms with Crippen LogP contribution in [0.4, 0.5) is 10.3 Å². The fourth-order valence-corrected chi connectivity index (χ4v) is 4.94. The largest absolute Gasteiger partial charge is 0.386 e. The first-order valence-corrected chi connectivity index (χ1v) is 11.8. The van der Waals surface area contributed by atoms with E-state index in [1.54, 1.807) is 13.8 Å². The second kappa shape index (κ2) is 7.82. The second-order valence-corrected chi connectivity index (χ2v) is 10.2.